The van der Waals surface area contributed by atoms with Crippen LogP contribution in [-0.4, -0.2) is 15.0 Å². The Morgan fingerprint density at radius 1 is 1.21 bits per heavy atom. The fourth-order valence-corrected chi connectivity index (χ4v) is 5.61. The van der Waals surface area contributed by atoms with Gasteiger partial charge in [-0.15, -0.1) is 11.3 Å². The number of halogens is 2. The van der Waals surface area contributed by atoms with Crippen molar-refractivity contribution >= 4 is 53.2 Å². The SMILES string of the molecule is O=S(=O)(NCC(Br)c1ccccc1)c1sccc1Br. The van der Waals surface area contributed by atoms with Crippen LogP contribution in [0.1, 0.15) is 10.4 Å². The van der Waals surface area contributed by atoms with E-state index >= 15 is 0 Å². The molecule has 0 saturated carbocycles. The molecular formula is C12H11Br2NO2S2. The Kier molecular flexibility index (Phi) is 5.19. The number of benzene rings is 1. The molecule has 1 atom stereocenters. The first-order valence-corrected chi connectivity index (χ1v) is 9.49. The number of thiophene rings is 1. The molecular weight excluding hydrogens is 414 g/mol. The van der Waals surface area contributed by atoms with E-state index in [0.717, 1.165) is 5.56 Å². The maximum absolute atomic E-state index is 12.1. The molecule has 0 spiro atoms. The van der Waals surface area contributed by atoms with Gasteiger partial charge in [-0.25, -0.2) is 13.1 Å². The maximum atomic E-state index is 12.1. The fraction of sp³-hybridized carbons (Fsp3) is 0.167. The first-order valence-electron chi connectivity index (χ1n) is 5.42. The van der Waals surface area contributed by atoms with Crippen LogP contribution in [0.2, 0.25) is 0 Å². The Balaban J connectivity index is 2.05. The second-order valence-electron chi connectivity index (χ2n) is 3.79. The van der Waals surface area contributed by atoms with Crippen molar-refractivity contribution in [3.63, 3.8) is 0 Å². The van der Waals surface area contributed by atoms with E-state index in [0.29, 0.717) is 15.2 Å². The van der Waals surface area contributed by atoms with Crippen molar-refractivity contribution in [1.82, 2.24) is 4.72 Å². The van der Waals surface area contributed by atoms with Gasteiger partial charge in [-0.3, -0.25) is 0 Å². The van der Waals surface area contributed by atoms with Crippen LogP contribution in [0.4, 0.5) is 0 Å². The Bertz CT molecular complexity index is 641. The zero-order valence-electron chi connectivity index (χ0n) is 9.71. The molecule has 1 N–H and O–H groups in total. The average Bonchev–Trinajstić information content (AvgIpc) is 2.84. The second-order valence-corrected chi connectivity index (χ2v) is 8.62. The van der Waals surface area contributed by atoms with Crippen LogP contribution in [0.25, 0.3) is 0 Å². The Morgan fingerprint density at radius 2 is 1.89 bits per heavy atom. The highest BCUT2D eigenvalue weighted by atomic mass is 79.9. The molecule has 0 aliphatic rings. The molecule has 0 radical (unpaired) electrons. The van der Waals surface area contributed by atoms with Crippen LogP contribution < -0.4 is 4.72 Å². The summed E-state index contributed by atoms with van der Waals surface area (Å²) >= 11 is 7.91. The number of alkyl halides is 1. The van der Waals surface area contributed by atoms with Crippen molar-refractivity contribution in [2.45, 2.75) is 9.04 Å². The molecule has 1 aromatic heterocycles. The molecule has 1 heterocycles. The third-order valence-corrected chi connectivity index (χ3v) is 7.39. The van der Waals surface area contributed by atoms with Crippen LogP contribution >= 0.6 is 43.2 Å². The molecule has 1 aromatic carbocycles. The van der Waals surface area contributed by atoms with E-state index in [1.807, 2.05) is 30.3 Å². The van der Waals surface area contributed by atoms with E-state index < -0.39 is 10.0 Å². The normalized spacial score (nSPS) is 13.4. The van der Waals surface area contributed by atoms with Crippen molar-refractivity contribution in [2.75, 3.05) is 6.54 Å². The summed E-state index contributed by atoms with van der Waals surface area (Å²) in [5, 5.41) is 1.74. The van der Waals surface area contributed by atoms with Crippen LogP contribution in [-0.2, 0) is 10.0 Å². The van der Waals surface area contributed by atoms with Gasteiger partial charge in [0, 0.05) is 11.0 Å². The molecule has 0 amide bonds. The number of hydrogen-bond donors (Lipinski definition) is 1. The summed E-state index contributed by atoms with van der Waals surface area (Å²) in [7, 11) is -3.46. The number of hydrogen-bond acceptors (Lipinski definition) is 3. The summed E-state index contributed by atoms with van der Waals surface area (Å²) in [6.45, 7) is 0.302. The highest BCUT2D eigenvalue weighted by Gasteiger charge is 2.20. The zero-order chi connectivity index (χ0) is 13.9. The lowest BCUT2D eigenvalue weighted by Crippen LogP contribution is -2.26. The second kappa shape index (κ2) is 6.49. The van der Waals surface area contributed by atoms with Crippen LogP contribution in [0.5, 0.6) is 0 Å². The van der Waals surface area contributed by atoms with Gasteiger partial charge in [-0.2, -0.15) is 0 Å². The van der Waals surface area contributed by atoms with Crippen LogP contribution in [0.3, 0.4) is 0 Å². The quantitative estimate of drug-likeness (QED) is 0.739. The maximum Gasteiger partial charge on any atom is 0.251 e. The summed E-state index contributed by atoms with van der Waals surface area (Å²) in [4.78, 5) is -0.0535. The topological polar surface area (TPSA) is 46.2 Å². The summed E-state index contributed by atoms with van der Waals surface area (Å²) in [6, 6.07) is 11.4. The molecule has 0 bridgehead atoms. The molecule has 3 nitrogen and oxygen atoms in total. The molecule has 7 heteroatoms. The van der Waals surface area contributed by atoms with E-state index in [4.69, 9.17) is 0 Å². The van der Waals surface area contributed by atoms with Gasteiger partial charge in [0.15, 0.2) is 0 Å². The van der Waals surface area contributed by atoms with E-state index in [1.54, 1.807) is 11.4 Å². The summed E-state index contributed by atoms with van der Waals surface area (Å²) in [5.41, 5.74) is 1.04. The molecule has 19 heavy (non-hydrogen) atoms. The van der Waals surface area contributed by atoms with Gasteiger partial charge < -0.3 is 0 Å². The van der Waals surface area contributed by atoms with Crippen LogP contribution in [0, 0.1) is 0 Å². The Labute approximate surface area is 133 Å². The summed E-state index contributed by atoms with van der Waals surface area (Å²) < 4.78 is 27.7. The third kappa shape index (κ3) is 3.88. The minimum atomic E-state index is -3.46. The molecule has 0 aliphatic heterocycles. The largest absolute Gasteiger partial charge is 0.251 e. The number of rotatable bonds is 5. The average molecular weight is 425 g/mol. The molecule has 1 unspecified atom stereocenters. The predicted octanol–water partition coefficient (Wildman–Crippen LogP) is 3.93. The first-order chi connectivity index (χ1) is 9.00. The minimum Gasteiger partial charge on any atom is -0.209 e. The third-order valence-electron chi connectivity index (χ3n) is 2.44. The monoisotopic (exact) mass is 423 g/mol. The highest BCUT2D eigenvalue weighted by molar-refractivity contribution is 9.10. The lowest BCUT2D eigenvalue weighted by molar-refractivity contribution is 0.583. The standard InChI is InChI=1S/C12H11Br2NO2S2/c13-10-6-7-18-12(10)19(16,17)15-8-11(14)9-4-2-1-3-5-9/h1-7,11,15H,8H2. The minimum absolute atomic E-state index is 0.0535. The van der Waals surface area contributed by atoms with Crippen molar-refractivity contribution < 1.29 is 8.42 Å². The predicted molar refractivity (Wildman–Crippen MR) is 85.3 cm³/mol. The molecule has 2 aromatic rings. The molecule has 0 fully saturated rings. The lowest BCUT2D eigenvalue weighted by Gasteiger charge is -2.11. The molecule has 102 valence electrons. The first kappa shape index (κ1) is 15.2. The van der Waals surface area contributed by atoms with E-state index in [-0.39, 0.29) is 4.83 Å². The van der Waals surface area contributed by atoms with Gasteiger partial charge in [-0.1, -0.05) is 46.3 Å². The van der Waals surface area contributed by atoms with Crippen molar-refractivity contribution in [3.05, 3.63) is 51.8 Å². The Hall–Kier alpha value is -0.210. The van der Waals surface area contributed by atoms with Gasteiger partial charge in [0.1, 0.15) is 4.21 Å². The zero-order valence-corrected chi connectivity index (χ0v) is 14.5. The Morgan fingerprint density at radius 3 is 2.47 bits per heavy atom. The summed E-state index contributed by atoms with van der Waals surface area (Å²) in [6.07, 6.45) is 0. The van der Waals surface area contributed by atoms with Crippen molar-refractivity contribution in [1.29, 1.82) is 0 Å². The van der Waals surface area contributed by atoms with Gasteiger partial charge in [0.05, 0.1) is 4.83 Å². The van der Waals surface area contributed by atoms with Crippen molar-refractivity contribution in [3.8, 4) is 0 Å². The molecule has 0 saturated heterocycles. The highest BCUT2D eigenvalue weighted by Crippen LogP contribution is 2.28. The number of nitrogens with one attached hydrogen (secondary N) is 1. The van der Waals surface area contributed by atoms with E-state index in [9.17, 15) is 8.42 Å². The van der Waals surface area contributed by atoms with Crippen molar-refractivity contribution in [2.24, 2.45) is 0 Å². The van der Waals surface area contributed by atoms with E-state index in [2.05, 4.69) is 36.6 Å². The van der Waals surface area contributed by atoms with Crippen LogP contribution in [0.15, 0.2) is 50.5 Å². The van der Waals surface area contributed by atoms with E-state index in [1.165, 1.54) is 11.3 Å². The van der Waals surface area contributed by atoms with Gasteiger partial charge in [0.25, 0.3) is 10.0 Å². The van der Waals surface area contributed by atoms with Gasteiger partial charge in [-0.05, 0) is 32.9 Å². The van der Waals surface area contributed by atoms with Gasteiger partial charge >= 0.3 is 0 Å². The van der Waals surface area contributed by atoms with Gasteiger partial charge in [0.2, 0.25) is 0 Å². The molecule has 0 aliphatic carbocycles. The molecule has 2 rings (SSSR count). The lowest BCUT2D eigenvalue weighted by atomic mass is 10.2. The summed E-state index contributed by atoms with van der Waals surface area (Å²) in [5.74, 6) is 0. The number of sulfonamides is 1. The smallest absolute Gasteiger partial charge is 0.209 e. The fourth-order valence-electron chi connectivity index (χ4n) is 1.50.